The molecule has 2 rings (SSSR count). The van der Waals surface area contributed by atoms with Crippen LogP contribution in [0.2, 0.25) is 0 Å². The van der Waals surface area contributed by atoms with E-state index in [2.05, 4.69) is 4.98 Å². The molecule has 0 fully saturated rings. The van der Waals surface area contributed by atoms with Gasteiger partial charge in [0.2, 0.25) is 0 Å². The van der Waals surface area contributed by atoms with Gasteiger partial charge in [-0.3, -0.25) is 9.36 Å². The molecule has 5 heteroatoms. The maximum Gasteiger partial charge on any atom is 0.352 e. The molecular formula is C12H10N2O3. The number of benzene rings is 1. The third kappa shape index (κ3) is 2.57. The van der Waals surface area contributed by atoms with Crippen LogP contribution >= 0.6 is 0 Å². The summed E-state index contributed by atoms with van der Waals surface area (Å²) in [5.41, 5.74) is 0.994. The van der Waals surface area contributed by atoms with Crippen molar-refractivity contribution in [1.82, 2.24) is 9.55 Å². The zero-order valence-corrected chi connectivity index (χ0v) is 8.91. The van der Waals surface area contributed by atoms with Crippen molar-refractivity contribution in [2.45, 2.75) is 6.42 Å². The van der Waals surface area contributed by atoms with Crippen LogP contribution in [0.5, 0.6) is 0 Å². The van der Waals surface area contributed by atoms with Gasteiger partial charge in [0.15, 0.2) is 0 Å². The lowest BCUT2D eigenvalue weighted by atomic mass is 10.1. The molecule has 1 aromatic carbocycles. The predicted octanol–water partition coefficient (Wildman–Crippen LogP) is 0.860. The van der Waals surface area contributed by atoms with Crippen molar-refractivity contribution in [1.29, 1.82) is 0 Å². The third-order valence-electron chi connectivity index (χ3n) is 2.28. The molecule has 5 nitrogen and oxygen atoms in total. The summed E-state index contributed by atoms with van der Waals surface area (Å²) in [4.78, 5) is 25.6. The summed E-state index contributed by atoms with van der Waals surface area (Å²) in [7, 11) is 0. The topological polar surface area (TPSA) is 72.2 Å². The molecule has 0 saturated carbocycles. The molecule has 0 spiro atoms. The third-order valence-corrected chi connectivity index (χ3v) is 2.28. The van der Waals surface area contributed by atoms with Gasteiger partial charge >= 0.3 is 11.7 Å². The van der Waals surface area contributed by atoms with Crippen LogP contribution in [0.25, 0.3) is 5.69 Å². The van der Waals surface area contributed by atoms with Crippen LogP contribution in [-0.4, -0.2) is 20.6 Å². The average molecular weight is 230 g/mol. The maximum atomic E-state index is 11.4. The van der Waals surface area contributed by atoms with Crippen LogP contribution in [0.15, 0.2) is 47.5 Å². The Morgan fingerprint density at radius 2 is 2.00 bits per heavy atom. The molecule has 2 aromatic rings. The number of carboxylic acid groups (broad SMARTS) is 1. The monoisotopic (exact) mass is 230 g/mol. The van der Waals surface area contributed by atoms with E-state index in [0.717, 1.165) is 0 Å². The van der Waals surface area contributed by atoms with Crippen molar-refractivity contribution in [3.63, 3.8) is 0 Å². The van der Waals surface area contributed by atoms with E-state index < -0.39 is 5.97 Å². The summed E-state index contributed by atoms with van der Waals surface area (Å²) < 4.78 is 1.39. The maximum absolute atomic E-state index is 11.4. The van der Waals surface area contributed by atoms with Gasteiger partial charge in [0, 0.05) is 12.4 Å². The number of hydrogen-bond donors (Lipinski definition) is 1. The Morgan fingerprint density at radius 1 is 1.29 bits per heavy atom. The normalized spacial score (nSPS) is 10.1. The molecule has 0 aliphatic carbocycles. The standard InChI is InChI=1S/C12H10N2O3/c15-11(16)8-9-2-4-10(5-3-9)14-7-1-6-13-12(14)17/h1-7H,8H2,(H,15,16). The van der Waals surface area contributed by atoms with Crippen LogP contribution in [0, 0.1) is 0 Å². The molecule has 0 amide bonds. The van der Waals surface area contributed by atoms with Gasteiger partial charge in [-0.1, -0.05) is 12.1 Å². The molecular weight excluding hydrogens is 220 g/mol. The van der Waals surface area contributed by atoms with E-state index in [1.54, 1.807) is 36.5 Å². The fraction of sp³-hybridized carbons (Fsp3) is 0.0833. The highest BCUT2D eigenvalue weighted by Gasteiger charge is 2.02. The van der Waals surface area contributed by atoms with Crippen molar-refractivity contribution in [2.75, 3.05) is 0 Å². The highest BCUT2D eigenvalue weighted by molar-refractivity contribution is 5.70. The number of carboxylic acids is 1. The highest BCUT2D eigenvalue weighted by atomic mass is 16.4. The predicted molar refractivity (Wildman–Crippen MR) is 61.2 cm³/mol. The largest absolute Gasteiger partial charge is 0.481 e. The van der Waals surface area contributed by atoms with Gasteiger partial charge in [0.25, 0.3) is 0 Å². The Morgan fingerprint density at radius 3 is 2.59 bits per heavy atom. The first-order chi connectivity index (χ1) is 8.16. The molecule has 0 aliphatic rings. The zero-order chi connectivity index (χ0) is 12.3. The van der Waals surface area contributed by atoms with E-state index in [0.29, 0.717) is 11.3 Å². The first-order valence-corrected chi connectivity index (χ1v) is 5.01. The Kier molecular flexibility index (Phi) is 3.00. The summed E-state index contributed by atoms with van der Waals surface area (Å²) in [6.07, 6.45) is 3.02. The molecule has 0 radical (unpaired) electrons. The number of rotatable bonds is 3. The van der Waals surface area contributed by atoms with Crippen molar-refractivity contribution < 1.29 is 9.90 Å². The second-order valence-electron chi connectivity index (χ2n) is 3.51. The van der Waals surface area contributed by atoms with Crippen LogP contribution < -0.4 is 5.69 Å². The van der Waals surface area contributed by atoms with Crippen molar-refractivity contribution in [2.24, 2.45) is 0 Å². The molecule has 1 N–H and O–H groups in total. The summed E-state index contributed by atoms with van der Waals surface area (Å²) >= 11 is 0. The molecule has 0 atom stereocenters. The zero-order valence-electron chi connectivity index (χ0n) is 8.91. The van der Waals surface area contributed by atoms with Gasteiger partial charge in [-0.25, -0.2) is 9.78 Å². The van der Waals surface area contributed by atoms with E-state index >= 15 is 0 Å². The second-order valence-corrected chi connectivity index (χ2v) is 3.51. The molecule has 17 heavy (non-hydrogen) atoms. The van der Waals surface area contributed by atoms with Gasteiger partial charge in [-0.15, -0.1) is 0 Å². The molecule has 0 saturated heterocycles. The SMILES string of the molecule is O=C(O)Cc1ccc(-n2cccnc2=O)cc1. The molecule has 0 bridgehead atoms. The Balaban J connectivity index is 2.33. The van der Waals surface area contributed by atoms with Gasteiger partial charge in [0.05, 0.1) is 12.1 Å². The van der Waals surface area contributed by atoms with E-state index in [1.807, 2.05) is 0 Å². The summed E-state index contributed by atoms with van der Waals surface area (Å²) in [5.74, 6) is -0.878. The first kappa shape index (κ1) is 11.1. The molecule has 86 valence electrons. The minimum absolute atomic E-state index is 0.0256. The van der Waals surface area contributed by atoms with Crippen LogP contribution in [-0.2, 0) is 11.2 Å². The fourth-order valence-electron chi connectivity index (χ4n) is 1.50. The summed E-state index contributed by atoms with van der Waals surface area (Å²) in [6, 6.07) is 8.42. The summed E-state index contributed by atoms with van der Waals surface area (Å²) in [5, 5.41) is 8.63. The number of aliphatic carboxylic acids is 1. The lowest BCUT2D eigenvalue weighted by Crippen LogP contribution is -2.19. The van der Waals surface area contributed by atoms with Gasteiger partial charge in [0.1, 0.15) is 0 Å². The lowest BCUT2D eigenvalue weighted by molar-refractivity contribution is -0.136. The van der Waals surface area contributed by atoms with Crippen LogP contribution in [0.4, 0.5) is 0 Å². The van der Waals surface area contributed by atoms with Gasteiger partial charge in [-0.05, 0) is 23.8 Å². The van der Waals surface area contributed by atoms with Gasteiger partial charge in [-0.2, -0.15) is 0 Å². The van der Waals surface area contributed by atoms with E-state index in [1.165, 1.54) is 10.8 Å². The van der Waals surface area contributed by atoms with Crippen molar-refractivity contribution >= 4 is 5.97 Å². The quantitative estimate of drug-likeness (QED) is 0.848. The van der Waals surface area contributed by atoms with E-state index in [9.17, 15) is 9.59 Å². The Hall–Kier alpha value is -2.43. The molecule has 0 aliphatic heterocycles. The number of hydrogen-bond acceptors (Lipinski definition) is 3. The lowest BCUT2D eigenvalue weighted by Gasteiger charge is -2.04. The van der Waals surface area contributed by atoms with Crippen molar-refractivity contribution in [3.05, 3.63) is 58.8 Å². The minimum atomic E-state index is -0.878. The van der Waals surface area contributed by atoms with E-state index in [4.69, 9.17) is 5.11 Å². The van der Waals surface area contributed by atoms with E-state index in [-0.39, 0.29) is 12.1 Å². The van der Waals surface area contributed by atoms with Gasteiger partial charge < -0.3 is 5.11 Å². The highest BCUT2D eigenvalue weighted by Crippen LogP contribution is 2.08. The van der Waals surface area contributed by atoms with Crippen molar-refractivity contribution in [3.8, 4) is 5.69 Å². The Bertz CT molecular complexity index is 587. The van der Waals surface area contributed by atoms with Crippen LogP contribution in [0.3, 0.4) is 0 Å². The minimum Gasteiger partial charge on any atom is -0.481 e. The molecule has 0 unspecified atom stereocenters. The number of nitrogens with zero attached hydrogens (tertiary/aromatic N) is 2. The first-order valence-electron chi connectivity index (χ1n) is 5.01. The smallest absolute Gasteiger partial charge is 0.352 e. The molecule has 1 aromatic heterocycles. The summed E-state index contributed by atoms with van der Waals surface area (Å²) in [6.45, 7) is 0. The Labute approximate surface area is 97.0 Å². The number of carbonyl (C=O) groups is 1. The fourth-order valence-corrected chi connectivity index (χ4v) is 1.50. The average Bonchev–Trinajstić information content (AvgIpc) is 2.30. The second kappa shape index (κ2) is 4.61. The number of aromatic nitrogens is 2. The molecule has 1 heterocycles. The van der Waals surface area contributed by atoms with Crippen LogP contribution in [0.1, 0.15) is 5.56 Å².